The number of hydrogen-bond acceptors (Lipinski definition) is 9. The Bertz CT molecular complexity index is 1150. The second kappa shape index (κ2) is 11.7. The molecule has 2 aromatic carbocycles. The molecule has 184 valence electrons. The van der Waals surface area contributed by atoms with Gasteiger partial charge < -0.3 is 29.0 Å². The molecular formula is C25H27N3O7. The summed E-state index contributed by atoms with van der Waals surface area (Å²) in [6, 6.07) is 13.1. The van der Waals surface area contributed by atoms with Crippen LogP contribution in [0, 0.1) is 0 Å². The Morgan fingerprint density at radius 2 is 1.40 bits per heavy atom. The van der Waals surface area contributed by atoms with Gasteiger partial charge >= 0.3 is 5.97 Å². The quantitative estimate of drug-likeness (QED) is 0.331. The smallest absolute Gasteiger partial charge is 0.358 e. The second-order valence-electron chi connectivity index (χ2n) is 7.31. The number of esters is 1. The van der Waals surface area contributed by atoms with E-state index in [2.05, 4.69) is 10.3 Å². The third-order valence-corrected chi connectivity index (χ3v) is 5.03. The van der Waals surface area contributed by atoms with Crippen LogP contribution in [0.1, 0.15) is 38.2 Å². The molecule has 0 saturated carbocycles. The molecule has 1 aromatic heterocycles. The highest BCUT2D eigenvalue weighted by atomic mass is 16.6. The Labute approximate surface area is 202 Å². The van der Waals surface area contributed by atoms with Gasteiger partial charge in [-0.1, -0.05) is 0 Å². The zero-order valence-electron chi connectivity index (χ0n) is 19.9. The van der Waals surface area contributed by atoms with Crippen molar-refractivity contribution in [3.05, 3.63) is 77.1 Å². The molecule has 3 aromatic rings. The van der Waals surface area contributed by atoms with Crippen LogP contribution in [0.5, 0.6) is 23.0 Å². The van der Waals surface area contributed by atoms with Crippen molar-refractivity contribution >= 4 is 11.9 Å². The number of ether oxygens (including phenoxy) is 5. The summed E-state index contributed by atoms with van der Waals surface area (Å²) in [6.45, 7) is 0.219. The first-order valence-corrected chi connectivity index (χ1v) is 10.5. The van der Waals surface area contributed by atoms with Gasteiger partial charge in [-0.05, 0) is 42.0 Å². The number of carbonyl (C=O) groups excluding carboxylic acids is 2. The molecule has 0 aliphatic carbocycles. The lowest BCUT2D eigenvalue weighted by Crippen LogP contribution is -2.24. The molecule has 0 aliphatic heterocycles. The fourth-order valence-corrected chi connectivity index (χ4v) is 3.17. The van der Waals surface area contributed by atoms with E-state index in [1.54, 1.807) is 50.6 Å². The van der Waals surface area contributed by atoms with Crippen molar-refractivity contribution in [2.24, 2.45) is 5.73 Å². The lowest BCUT2D eigenvalue weighted by Gasteiger charge is -2.15. The van der Waals surface area contributed by atoms with E-state index in [1.807, 2.05) is 0 Å². The van der Waals surface area contributed by atoms with Crippen LogP contribution < -0.4 is 30.0 Å². The highest BCUT2D eigenvalue weighted by molar-refractivity contribution is 5.97. The van der Waals surface area contributed by atoms with Crippen molar-refractivity contribution in [1.29, 1.82) is 0 Å². The van der Waals surface area contributed by atoms with E-state index in [0.717, 1.165) is 5.56 Å². The first-order valence-electron chi connectivity index (χ1n) is 10.5. The maximum absolute atomic E-state index is 12.7. The van der Waals surface area contributed by atoms with Crippen molar-refractivity contribution in [3.8, 4) is 23.0 Å². The number of amides is 1. The van der Waals surface area contributed by atoms with Gasteiger partial charge in [0, 0.05) is 36.0 Å². The van der Waals surface area contributed by atoms with E-state index >= 15 is 0 Å². The molecule has 0 bridgehead atoms. The molecule has 10 heteroatoms. The number of methoxy groups -OCH3 is 4. The molecular weight excluding hydrogens is 454 g/mol. The Kier molecular flexibility index (Phi) is 8.47. The zero-order valence-corrected chi connectivity index (χ0v) is 19.9. The number of aromatic nitrogens is 1. The summed E-state index contributed by atoms with van der Waals surface area (Å²) in [5.41, 5.74) is 7.48. The average molecular weight is 482 g/mol. The van der Waals surface area contributed by atoms with E-state index in [0.29, 0.717) is 28.6 Å². The monoisotopic (exact) mass is 481 g/mol. The summed E-state index contributed by atoms with van der Waals surface area (Å²) in [7, 11) is 6.10. The van der Waals surface area contributed by atoms with Crippen LogP contribution in [0.15, 0.2) is 54.7 Å². The minimum absolute atomic E-state index is 0.0639. The SMILES string of the molecule is COc1cc(CNC(=O)c2ccnc(C(=O)OC(N)c3cc(OC)cc(OC)c3)c2)cc(OC)c1. The van der Waals surface area contributed by atoms with Crippen LogP contribution >= 0.6 is 0 Å². The molecule has 0 fully saturated rings. The maximum Gasteiger partial charge on any atom is 0.358 e. The molecule has 3 N–H and O–H groups in total. The van der Waals surface area contributed by atoms with Crippen LogP contribution in [0.3, 0.4) is 0 Å². The van der Waals surface area contributed by atoms with Gasteiger partial charge in [0.25, 0.3) is 5.91 Å². The number of nitrogens with one attached hydrogen (secondary N) is 1. The number of hydrogen-bond donors (Lipinski definition) is 2. The number of pyridine rings is 1. The Balaban J connectivity index is 1.68. The van der Waals surface area contributed by atoms with Crippen molar-refractivity contribution < 1.29 is 33.3 Å². The third-order valence-electron chi connectivity index (χ3n) is 5.03. The number of nitrogens with two attached hydrogens (primary N) is 1. The topological polar surface area (TPSA) is 131 Å². The molecule has 1 amide bonds. The molecule has 35 heavy (non-hydrogen) atoms. The lowest BCUT2D eigenvalue weighted by atomic mass is 10.1. The standard InChI is InChI=1S/C25H27N3O7/c1-31-18-7-15(8-19(12-18)32-2)14-28-24(29)16-5-6-27-22(11-16)25(30)35-23(26)17-9-20(33-3)13-21(10-17)34-4/h5-13,23H,14,26H2,1-4H3,(H,28,29). The normalized spacial score (nSPS) is 11.2. The van der Waals surface area contributed by atoms with Crippen LogP contribution in [0.25, 0.3) is 0 Å². The van der Waals surface area contributed by atoms with Crippen molar-refractivity contribution in [2.45, 2.75) is 12.8 Å². The van der Waals surface area contributed by atoms with E-state index in [-0.39, 0.29) is 17.8 Å². The molecule has 3 rings (SSSR count). The first kappa shape index (κ1) is 25.3. The summed E-state index contributed by atoms with van der Waals surface area (Å²) >= 11 is 0. The Hall–Kier alpha value is -4.31. The summed E-state index contributed by atoms with van der Waals surface area (Å²) < 4.78 is 26.3. The van der Waals surface area contributed by atoms with Gasteiger partial charge in [-0.25, -0.2) is 9.78 Å². The van der Waals surface area contributed by atoms with Gasteiger partial charge in [-0.3, -0.25) is 10.5 Å². The van der Waals surface area contributed by atoms with Gasteiger partial charge in [0.1, 0.15) is 28.7 Å². The highest BCUT2D eigenvalue weighted by Crippen LogP contribution is 2.26. The predicted octanol–water partition coefficient (Wildman–Crippen LogP) is 2.86. The summed E-state index contributed by atoms with van der Waals surface area (Å²) in [4.78, 5) is 29.3. The first-order chi connectivity index (χ1) is 16.9. The van der Waals surface area contributed by atoms with E-state index in [1.165, 1.54) is 32.5 Å². The predicted molar refractivity (Wildman–Crippen MR) is 127 cm³/mol. The third kappa shape index (κ3) is 6.61. The van der Waals surface area contributed by atoms with Crippen molar-refractivity contribution in [3.63, 3.8) is 0 Å². The lowest BCUT2D eigenvalue weighted by molar-refractivity contribution is 0.0303. The Morgan fingerprint density at radius 3 is 1.94 bits per heavy atom. The minimum Gasteiger partial charge on any atom is -0.497 e. The fourth-order valence-electron chi connectivity index (χ4n) is 3.17. The largest absolute Gasteiger partial charge is 0.497 e. The molecule has 1 atom stereocenters. The minimum atomic E-state index is -1.10. The van der Waals surface area contributed by atoms with Crippen LogP contribution in [0.2, 0.25) is 0 Å². The number of carbonyl (C=O) groups is 2. The van der Waals surface area contributed by atoms with Gasteiger partial charge in [0.05, 0.1) is 28.4 Å². The van der Waals surface area contributed by atoms with E-state index in [9.17, 15) is 9.59 Å². The zero-order chi connectivity index (χ0) is 25.4. The summed E-state index contributed by atoms with van der Waals surface area (Å²) in [6.07, 6.45) is 0.244. The maximum atomic E-state index is 12.7. The van der Waals surface area contributed by atoms with Gasteiger partial charge in [0.2, 0.25) is 0 Å². The fraction of sp³-hybridized carbons (Fsp3) is 0.240. The van der Waals surface area contributed by atoms with Crippen molar-refractivity contribution in [1.82, 2.24) is 10.3 Å². The Morgan fingerprint density at radius 1 is 0.857 bits per heavy atom. The van der Waals surface area contributed by atoms with Crippen molar-refractivity contribution in [2.75, 3.05) is 28.4 Å². The average Bonchev–Trinajstić information content (AvgIpc) is 2.90. The molecule has 1 heterocycles. The highest BCUT2D eigenvalue weighted by Gasteiger charge is 2.19. The van der Waals surface area contributed by atoms with Gasteiger partial charge in [-0.2, -0.15) is 0 Å². The van der Waals surface area contributed by atoms with Crippen LogP contribution in [-0.4, -0.2) is 45.3 Å². The molecule has 0 spiro atoms. The van der Waals surface area contributed by atoms with E-state index < -0.39 is 18.1 Å². The summed E-state index contributed by atoms with van der Waals surface area (Å²) in [5.74, 6) is 1.02. The molecule has 10 nitrogen and oxygen atoms in total. The second-order valence-corrected chi connectivity index (χ2v) is 7.31. The molecule has 0 radical (unpaired) electrons. The molecule has 1 unspecified atom stereocenters. The van der Waals surface area contributed by atoms with Crippen LogP contribution in [-0.2, 0) is 11.3 Å². The van der Waals surface area contributed by atoms with E-state index in [4.69, 9.17) is 29.4 Å². The number of rotatable bonds is 10. The van der Waals surface area contributed by atoms with Gasteiger partial charge in [0.15, 0.2) is 6.23 Å². The number of nitrogens with zero attached hydrogens (tertiary/aromatic N) is 1. The summed E-state index contributed by atoms with van der Waals surface area (Å²) in [5, 5.41) is 2.79. The molecule has 0 saturated heterocycles. The van der Waals surface area contributed by atoms with Gasteiger partial charge in [-0.15, -0.1) is 0 Å². The van der Waals surface area contributed by atoms with Crippen LogP contribution in [0.4, 0.5) is 0 Å². The number of benzene rings is 2. The molecule has 0 aliphatic rings.